The maximum absolute atomic E-state index is 12.8. The van der Waals surface area contributed by atoms with Gasteiger partial charge >= 0.3 is 0 Å². The minimum atomic E-state index is -3.59. The van der Waals surface area contributed by atoms with E-state index in [0.717, 1.165) is 0 Å². The topological polar surface area (TPSA) is 66.5 Å². The number of halogens is 2. The molecule has 0 radical (unpaired) electrons. The summed E-state index contributed by atoms with van der Waals surface area (Å²) < 4.78 is 27.0. The van der Waals surface area contributed by atoms with Gasteiger partial charge < -0.3 is 5.32 Å². The fraction of sp³-hybridized carbons (Fsp3) is 0.316. The van der Waals surface area contributed by atoms with Crippen LogP contribution in [-0.4, -0.2) is 31.7 Å². The highest BCUT2D eigenvalue weighted by atomic mass is 35.5. The molecule has 27 heavy (non-hydrogen) atoms. The maximum Gasteiger partial charge on any atom is 0.228 e. The lowest BCUT2D eigenvalue weighted by Gasteiger charge is -2.31. The third kappa shape index (κ3) is 5.23. The van der Waals surface area contributed by atoms with Gasteiger partial charge in [0.1, 0.15) is 0 Å². The molecule has 1 heterocycles. The number of hydrogen-bond acceptors (Lipinski definition) is 3. The van der Waals surface area contributed by atoms with Crippen LogP contribution in [0.4, 0.5) is 5.69 Å². The van der Waals surface area contributed by atoms with Gasteiger partial charge in [0, 0.05) is 28.8 Å². The highest BCUT2D eigenvalue weighted by Gasteiger charge is 2.32. The van der Waals surface area contributed by atoms with Crippen LogP contribution in [0.25, 0.3) is 0 Å². The van der Waals surface area contributed by atoms with Crippen molar-refractivity contribution >= 4 is 44.8 Å². The quantitative estimate of drug-likeness (QED) is 0.779. The van der Waals surface area contributed by atoms with E-state index in [0.29, 0.717) is 40.7 Å². The van der Waals surface area contributed by atoms with E-state index in [1.807, 2.05) is 18.2 Å². The Morgan fingerprint density at radius 2 is 1.89 bits per heavy atom. The predicted molar refractivity (Wildman–Crippen MR) is 108 cm³/mol. The highest BCUT2D eigenvalue weighted by Crippen LogP contribution is 2.26. The largest absolute Gasteiger partial charge is 0.326 e. The fourth-order valence-electron chi connectivity index (χ4n) is 3.10. The molecular formula is C19H20Cl2N2O3S. The van der Waals surface area contributed by atoms with Crippen LogP contribution in [0, 0.1) is 5.92 Å². The maximum atomic E-state index is 12.8. The van der Waals surface area contributed by atoms with Crippen LogP contribution in [0.15, 0.2) is 48.5 Å². The predicted octanol–water partition coefficient (Wildman–Crippen LogP) is 4.17. The number of carbonyl (C=O) groups is 1. The van der Waals surface area contributed by atoms with Crippen molar-refractivity contribution in [3.63, 3.8) is 0 Å². The second-order valence-corrected chi connectivity index (χ2v) is 9.36. The van der Waals surface area contributed by atoms with Gasteiger partial charge in [-0.05, 0) is 42.7 Å². The monoisotopic (exact) mass is 426 g/mol. The molecule has 0 spiro atoms. The summed E-state index contributed by atoms with van der Waals surface area (Å²) in [4.78, 5) is 12.5. The summed E-state index contributed by atoms with van der Waals surface area (Å²) in [6, 6.07) is 13.9. The molecule has 0 unspecified atom stereocenters. The first-order valence-electron chi connectivity index (χ1n) is 8.63. The van der Waals surface area contributed by atoms with Gasteiger partial charge in [-0.3, -0.25) is 4.79 Å². The van der Waals surface area contributed by atoms with Crippen LogP contribution in [0.2, 0.25) is 10.0 Å². The Kier molecular flexibility index (Phi) is 6.42. The van der Waals surface area contributed by atoms with Gasteiger partial charge in [0.2, 0.25) is 15.9 Å². The van der Waals surface area contributed by atoms with E-state index in [-0.39, 0.29) is 24.1 Å². The molecule has 0 bridgehead atoms. The van der Waals surface area contributed by atoms with E-state index in [4.69, 9.17) is 23.2 Å². The summed E-state index contributed by atoms with van der Waals surface area (Å²) >= 11 is 12.0. The van der Waals surface area contributed by atoms with E-state index in [1.54, 1.807) is 24.3 Å². The van der Waals surface area contributed by atoms with E-state index in [1.165, 1.54) is 10.4 Å². The molecule has 3 rings (SSSR count). The number of nitrogens with one attached hydrogen (secondary N) is 1. The molecule has 5 nitrogen and oxygen atoms in total. The van der Waals surface area contributed by atoms with Gasteiger partial charge in [0.25, 0.3) is 0 Å². The number of rotatable bonds is 5. The number of sulfonamides is 1. The molecular weight excluding hydrogens is 407 g/mol. The molecule has 0 aliphatic carbocycles. The number of benzene rings is 2. The Bertz CT molecular complexity index is 920. The Morgan fingerprint density at radius 3 is 2.59 bits per heavy atom. The molecule has 0 aromatic heterocycles. The molecule has 8 heteroatoms. The Hall–Kier alpha value is -1.60. The molecule has 1 fully saturated rings. The minimum Gasteiger partial charge on any atom is -0.326 e. The summed E-state index contributed by atoms with van der Waals surface area (Å²) in [6.45, 7) is 0.578. The molecule has 144 valence electrons. The van der Waals surface area contributed by atoms with Gasteiger partial charge in [0.15, 0.2) is 0 Å². The normalized spacial score (nSPS) is 18.2. The van der Waals surface area contributed by atoms with Crippen molar-refractivity contribution in [2.45, 2.75) is 18.6 Å². The lowest BCUT2D eigenvalue weighted by atomic mass is 9.99. The van der Waals surface area contributed by atoms with Gasteiger partial charge in [-0.15, -0.1) is 0 Å². The van der Waals surface area contributed by atoms with Crippen LogP contribution in [-0.2, 0) is 20.6 Å². The van der Waals surface area contributed by atoms with Crippen molar-refractivity contribution in [2.75, 3.05) is 18.4 Å². The van der Waals surface area contributed by atoms with Crippen molar-refractivity contribution in [1.82, 2.24) is 4.31 Å². The van der Waals surface area contributed by atoms with Gasteiger partial charge in [-0.1, -0.05) is 47.5 Å². The second kappa shape index (κ2) is 8.61. The molecule has 1 aliphatic rings. The Balaban J connectivity index is 1.68. The van der Waals surface area contributed by atoms with Crippen LogP contribution in [0.5, 0.6) is 0 Å². The summed E-state index contributed by atoms with van der Waals surface area (Å²) in [7, 11) is -3.59. The van der Waals surface area contributed by atoms with Crippen molar-refractivity contribution in [1.29, 1.82) is 0 Å². The molecule has 1 amide bonds. The second-order valence-electron chi connectivity index (χ2n) is 6.54. The van der Waals surface area contributed by atoms with Gasteiger partial charge in [-0.25, -0.2) is 12.7 Å². The van der Waals surface area contributed by atoms with E-state index in [2.05, 4.69) is 5.32 Å². The lowest BCUT2D eigenvalue weighted by molar-refractivity contribution is -0.120. The highest BCUT2D eigenvalue weighted by molar-refractivity contribution is 7.88. The van der Waals surface area contributed by atoms with Crippen molar-refractivity contribution in [2.24, 2.45) is 5.92 Å². The number of para-hydroxylation sites is 1. The first-order valence-corrected chi connectivity index (χ1v) is 11.0. The standard InChI is InChI=1S/C19H20Cl2N2O3S/c20-16-9-8-15(18(21)11-16)13-27(25,26)23-10-4-5-14(12-23)19(24)22-17-6-2-1-3-7-17/h1-3,6-9,11,14H,4-5,10,12-13H2,(H,22,24)/t14-/m1/s1. The third-order valence-electron chi connectivity index (χ3n) is 4.54. The zero-order valence-electron chi connectivity index (χ0n) is 14.6. The number of anilines is 1. The lowest BCUT2D eigenvalue weighted by Crippen LogP contribution is -2.44. The van der Waals surface area contributed by atoms with Crippen LogP contribution in [0.1, 0.15) is 18.4 Å². The summed E-state index contributed by atoms with van der Waals surface area (Å²) in [5, 5.41) is 3.63. The van der Waals surface area contributed by atoms with Crippen molar-refractivity contribution in [3.8, 4) is 0 Å². The fourth-order valence-corrected chi connectivity index (χ4v) is 5.30. The molecule has 1 atom stereocenters. The minimum absolute atomic E-state index is 0.161. The van der Waals surface area contributed by atoms with Crippen molar-refractivity contribution < 1.29 is 13.2 Å². The first-order chi connectivity index (χ1) is 12.8. The number of carbonyl (C=O) groups excluding carboxylic acids is 1. The Labute approximate surface area is 169 Å². The zero-order chi connectivity index (χ0) is 19.4. The summed E-state index contributed by atoms with van der Waals surface area (Å²) in [5.74, 6) is -0.754. The SMILES string of the molecule is O=C(Nc1ccccc1)[C@@H]1CCCN(S(=O)(=O)Cc2ccc(Cl)cc2Cl)C1. The van der Waals surface area contributed by atoms with Crippen LogP contribution in [0.3, 0.4) is 0 Å². The smallest absolute Gasteiger partial charge is 0.228 e. The summed E-state index contributed by atoms with van der Waals surface area (Å²) in [6.07, 6.45) is 1.30. The van der Waals surface area contributed by atoms with E-state index < -0.39 is 10.0 Å². The van der Waals surface area contributed by atoms with Crippen molar-refractivity contribution in [3.05, 3.63) is 64.1 Å². The molecule has 1 N–H and O–H groups in total. The molecule has 1 saturated heterocycles. The number of amides is 1. The van der Waals surface area contributed by atoms with Gasteiger partial charge in [0.05, 0.1) is 11.7 Å². The zero-order valence-corrected chi connectivity index (χ0v) is 16.9. The average Bonchev–Trinajstić information content (AvgIpc) is 2.65. The first kappa shape index (κ1) is 20.1. The molecule has 2 aromatic carbocycles. The molecule has 0 saturated carbocycles. The molecule has 2 aromatic rings. The average molecular weight is 427 g/mol. The van der Waals surface area contributed by atoms with E-state index in [9.17, 15) is 13.2 Å². The van der Waals surface area contributed by atoms with Crippen LogP contribution >= 0.6 is 23.2 Å². The number of nitrogens with zero attached hydrogens (tertiary/aromatic N) is 1. The van der Waals surface area contributed by atoms with Gasteiger partial charge in [-0.2, -0.15) is 0 Å². The number of piperidine rings is 1. The Morgan fingerprint density at radius 1 is 1.15 bits per heavy atom. The van der Waals surface area contributed by atoms with E-state index >= 15 is 0 Å². The van der Waals surface area contributed by atoms with Crippen LogP contribution < -0.4 is 5.32 Å². The molecule has 1 aliphatic heterocycles. The number of hydrogen-bond donors (Lipinski definition) is 1. The third-order valence-corrected chi connectivity index (χ3v) is 6.92. The summed E-state index contributed by atoms with van der Waals surface area (Å²) in [5.41, 5.74) is 1.20.